The third-order valence-corrected chi connectivity index (χ3v) is 1.51. The highest BCUT2D eigenvalue weighted by molar-refractivity contribution is 5.73. The van der Waals surface area contributed by atoms with Crippen LogP contribution in [-0.2, 0) is 4.79 Å². The van der Waals surface area contributed by atoms with E-state index in [0.29, 0.717) is 0 Å². The van der Waals surface area contributed by atoms with Crippen LogP contribution in [0.1, 0.15) is 6.42 Å². The van der Waals surface area contributed by atoms with Crippen LogP contribution in [0.15, 0.2) is 0 Å². The summed E-state index contributed by atoms with van der Waals surface area (Å²) in [5.74, 6) is -1.05. The van der Waals surface area contributed by atoms with Gasteiger partial charge in [0.1, 0.15) is 12.3 Å². The Morgan fingerprint density at radius 1 is 1.50 bits per heavy atom. The number of carboxylic acid groups (broad SMARTS) is 1. The Hall–Kier alpha value is -0.650. The van der Waals surface area contributed by atoms with Gasteiger partial charge >= 0.3 is 5.97 Å². The van der Waals surface area contributed by atoms with Gasteiger partial charge in [0.05, 0.1) is 6.10 Å². The zero-order valence-electron chi connectivity index (χ0n) is 5.19. The number of aliphatic hydroxyl groups is 2. The third kappa shape index (κ3) is 1.26. The van der Waals surface area contributed by atoms with Crippen molar-refractivity contribution in [2.75, 3.05) is 0 Å². The SMILES string of the molecule is O=C(O)[C@@H]1CC(O)C(O)N1. The number of nitrogens with one attached hydrogen (secondary N) is 1. The van der Waals surface area contributed by atoms with E-state index in [0.717, 1.165) is 0 Å². The standard InChI is InChI=1S/C5H9NO4/c7-3-1-2(5(9)10)6-4(3)8/h2-4,6-8H,1H2,(H,9,10)/t2-,3?,4?/m0/s1. The molecule has 4 N–H and O–H groups in total. The number of hydrogen-bond acceptors (Lipinski definition) is 4. The topological polar surface area (TPSA) is 89.8 Å². The molecule has 0 amide bonds. The Morgan fingerprint density at radius 2 is 2.10 bits per heavy atom. The van der Waals surface area contributed by atoms with Gasteiger partial charge in [-0.05, 0) is 0 Å². The largest absolute Gasteiger partial charge is 0.480 e. The summed E-state index contributed by atoms with van der Waals surface area (Å²) in [5, 5.41) is 28.3. The van der Waals surface area contributed by atoms with Crippen molar-refractivity contribution in [1.82, 2.24) is 5.32 Å². The second-order valence-corrected chi connectivity index (χ2v) is 2.31. The second-order valence-electron chi connectivity index (χ2n) is 2.31. The molecule has 3 atom stereocenters. The molecule has 0 radical (unpaired) electrons. The highest BCUT2D eigenvalue weighted by Gasteiger charge is 2.34. The van der Waals surface area contributed by atoms with E-state index in [9.17, 15) is 4.79 Å². The molecule has 0 aromatic rings. The molecule has 0 aromatic heterocycles. The zero-order chi connectivity index (χ0) is 7.72. The molecule has 1 saturated heterocycles. The third-order valence-electron chi connectivity index (χ3n) is 1.51. The first-order valence-electron chi connectivity index (χ1n) is 2.96. The summed E-state index contributed by atoms with van der Waals surface area (Å²) in [6, 6.07) is -0.815. The Labute approximate surface area is 57.3 Å². The number of carbonyl (C=O) groups is 1. The van der Waals surface area contributed by atoms with Crippen molar-refractivity contribution in [3.63, 3.8) is 0 Å². The van der Waals surface area contributed by atoms with E-state index in [-0.39, 0.29) is 6.42 Å². The Bertz CT molecular complexity index is 139. The van der Waals surface area contributed by atoms with Gasteiger partial charge in [-0.25, -0.2) is 0 Å². The van der Waals surface area contributed by atoms with Gasteiger partial charge in [0.2, 0.25) is 0 Å². The molecule has 0 bridgehead atoms. The molecular formula is C5H9NO4. The summed E-state index contributed by atoms with van der Waals surface area (Å²) in [7, 11) is 0. The maximum absolute atomic E-state index is 10.2. The first kappa shape index (κ1) is 7.46. The fraction of sp³-hybridized carbons (Fsp3) is 0.800. The van der Waals surface area contributed by atoms with Gasteiger partial charge in [0, 0.05) is 6.42 Å². The number of aliphatic hydroxyl groups excluding tert-OH is 2. The number of carboxylic acids is 1. The van der Waals surface area contributed by atoms with E-state index in [1.54, 1.807) is 0 Å². The average Bonchev–Trinajstić information content (AvgIpc) is 2.13. The van der Waals surface area contributed by atoms with Gasteiger partial charge in [-0.2, -0.15) is 0 Å². The smallest absolute Gasteiger partial charge is 0.320 e. The molecule has 58 valence electrons. The molecule has 5 nitrogen and oxygen atoms in total. The van der Waals surface area contributed by atoms with Gasteiger partial charge in [0.15, 0.2) is 0 Å². The molecule has 1 fully saturated rings. The lowest BCUT2D eigenvalue weighted by molar-refractivity contribution is -0.139. The van der Waals surface area contributed by atoms with Crippen molar-refractivity contribution in [2.45, 2.75) is 24.8 Å². The normalized spacial score (nSPS) is 40.0. The molecule has 10 heavy (non-hydrogen) atoms. The van der Waals surface area contributed by atoms with Crippen molar-refractivity contribution < 1.29 is 20.1 Å². The van der Waals surface area contributed by atoms with Crippen LogP contribution in [0, 0.1) is 0 Å². The summed E-state index contributed by atoms with van der Waals surface area (Å²) in [4.78, 5) is 10.2. The lowest BCUT2D eigenvalue weighted by atomic mass is 10.2. The van der Waals surface area contributed by atoms with E-state index < -0.39 is 24.3 Å². The van der Waals surface area contributed by atoms with Crippen molar-refractivity contribution in [3.05, 3.63) is 0 Å². The molecule has 1 rings (SSSR count). The monoisotopic (exact) mass is 147 g/mol. The van der Waals surface area contributed by atoms with Crippen LogP contribution in [-0.4, -0.2) is 39.7 Å². The van der Waals surface area contributed by atoms with E-state index in [2.05, 4.69) is 5.32 Å². The number of rotatable bonds is 1. The fourth-order valence-corrected chi connectivity index (χ4v) is 0.928. The second kappa shape index (κ2) is 2.53. The molecular weight excluding hydrogens is 138 g/mol. The molecule has 0 spiro atoms. The highest BCUT2D eigenvalue weighted by atomic mass is 16.4. The van der Waals surface area contributed by atoms with Gasteiger partial charge in [-0.3, -0.25) is 10.1 Å². The highest BCUT2D eigenvalue weighted by Crippen LogP contribution is 2.10. The molecule has 2 unspecified atom stereocenters. The van der Waals surface area contributed by atoms with Crippen molar-refractivity contribution >= 4 is 5.97 Å². The van der Waals surface area contributed by atoms with Gasteiger partial charge in [-0.1, -0.05) is 0 Å². The lowest BCUT2D eigenvalue weighted by Gasteiger charge is -2.04. The minimum Gasteiger partial charge on any atom is -0.480 e. The Morgan fingerprint density at radius 3 is 2.30 bits per heavy atom. The first-order chi connectivity index (χ1) is 4.61. The minimum absolute atomic E-state index is 0.0660. The maximum atomic E-state index is 10.2. The van der Waals surface area contributed by atoms with Gasteiger partial charge in [0.25, 0.3) is 0 Å². The predicted octanol–water partition coefficient (Wildman–Crippen LogP) is -1.89. The molecule has 0 aliphatic carbocycles. The van der Waals surface area contributed by atoms with Crippen molar-refractivity contribution in [1.29, 1.82) is 0 Å². The molecule has 1 aliphatic heterocycles. The molecule has 1 aliphatic rings. The average molecular weight is 147 g/mol. The molecule has 0 saturated carbocycles. The lowest BCUT2D eigenvalue weighted by Crippen LogP contribution is -2.36. The van der Waals surface area contributed by atoms with Gasteiger partial charge < -0.3 is 15.3 Å². The number of aliphatic carboxylic acids is 1. The minimum atomic E-state index is -1.10. The maximum Gasteiger partial charge on any atom is 0.320 e. The fourth-order valence-electron chi connectivity index (χ4n) is 0.928. The van der Waals surface area contributed by atoms with E-state index in [1.165, 1.54) is 0 Å². The molecule has 1 heterocycles. The summed E-state index contributed by atoms with van der Waals surface area (Å²) in [6.45, 7) is 0. The summed E-state index contributed by atoms with van der Waals surface area (Å²) in [6.07, 6.45) is -1.99. The van der Waals surface area contributed by atoms with E-state index >= 15 is 0 Å². The van der Waals surface area contributed by atoms with Crippen LogP contribution < -0.4 is 5.32 Å². The van der Waals surface area contributed by atoms with Crippen molar-refractivity contribution in [2.24, 2.45) is 0 Å². The Kier molecular flexibility index (Phi) is 1.89. The summed E-state index contributed by atoms with van der Waals surface area (Å²) in [5.41, 5.74) is 0. The number of hydrogen-bond donors (Lipinski definition) is 4. The molecule has 0 aromatic carbocycles. The van der Waals surface area contributed by atoms with Crippen LogP contribution >= 0.6 is 0 Å². The van der Waals surface area contributed by atoms with Crippen LogP contribution in [0.3, 0.4) is 0 Å². The van der Waals surface area contributed by atoms with E-state index in [1.807, 2.05) is 0 Å². The zero-order valence-corrected chi connectivity index (χ0v) is 5.19. The quantitative estimate of drug-likeness (QED) is 0.348. The predicted molar refractivity (Wildman–Crippen MR) is 31.2 cm³/mol. The Balaban J connectivity index is 2.49. The van der Waals surface area contributed by atoms with Crippen LogP contribution in [0.2, 0.25) is 0 Å². The summed E-state index contributed by atoms with van der Waals surface area (Å²) >= 11 is 0. The van der Waals surface area contributed by atoms with Crippen LogP contribution in [0.25, 0.3) is 0 Å². The molecule has 5 heteroatoms. The summed E-state index contributed by atoms with van der Waals surface area (Å²) < 4.78 is 0. The van der Waals surface area contributed by atoms with E-state index in [4.69, 9.17) is 15.3 Å². The van der Waals surface area contributed by atoms with Gasteiger partial charge in [-0.15, -0.1) is 0 Å². The van der Waals surface area contributed by atoms with Crippen molar-refractivity contribution in [3.8, 4) is 0 Å². The van der Waals surface area contributed by atoms with Crippen LogP contribution in [0.5, 0.6) is 0 Å². The first-order valence-corrected chi connectivity index (χ1v) is 2.96. The van der Waals surface area contributed by atoms with Crippen LogP contribution in [0.4, 0.5) is 0 Å².